The molecular formula is C13H12F4N2O2. The minimum atomic E-state index is -4.94. The van der Waals surface area contributed by atoms with Crippen molar-refractivity contribution in [2.24, 2.45) is 0 Å². The van der Waals surface area contributed by atoms with Crippen LogP contribution in [0.2, 0.25) is 0 Å². The summed E-state index contributed by atoms with van der Waals surface area (Å²) in [6.45, 7) is 1.42. The first-order chi connectivity index (χ1) is 9.73. The third kappa shape index (κ3) is 2.34. The minimum Gasteiger partial charge on any atom is -0.317 e. The number of ketones is 1. The zero-order valence-corrected chi connectivity index (χ0v) is 11.0. The number of hydrogen-bond donors (Lipinski definition) is 1. The number of Topliss-reactive ketones (excluding diaryl/α,β-unsaturated/α-hetero) is 1. The van der Waals surface area contributed by atoms with Gasteiger partial charge in [-0.2, -0.15) is 13.2 Å². The minimum absolute atomic E-state index is 0.116. The van der Waals surface area contributed by atoms with Crippen LogP contribution in [0, 0.1) is 0 Å². The predicted molar refractivity (Wildman–Crippen MR) is 66.2 cm³/mol. The number of rotatable bonds is 3. The average Bonchev–Trinajstić information content (AvgIpc) is 2.43. The number of anilines is 1. The lowest BCUT2D eigenvalue weighted by atomic mass is 9.81. The summed E-state index contributed by atoms with van der Waals surface area (Å²) in [6, 6.07) is 3.17. The topological polar surface area (TPSA) is 49.4 Å². The van der Waals surface area contributed by atoms with Crippen LogP contribution < -0.4 is 10.4 Å². The Bertz CT molecular complexity index is 588. The molecule has 0 aromatic heterocycles. The fourth-order valence-electron chi connectivity index (χ4n) is 2.30. The van der Waals surface area contributed by atoms with E-state index in [-0.39, 0.29) is 6.42 Å². The van der Waals surface area contributed by atoms with Crippen LogP contribution in [0.15, 0.2) is 24.3 Å². The highest BCUT2D eigenvalue weighted by Crippen LogP contribution is 2.47. The Kier molecular flexibility index (Phi) is 3.65. The Hall–Kier alpha value is -2.12. The van der Waals surface area contributed by atoms with Gasteiger partial charge in [-0.05, 0) is 6.07 Å². The second-order valence-electron chi connectivity index (χ2n) is 4.70. The van der Waals surface area contributed by atoms with Crippen molar-refractivity contribution in [1.82, 2.24) is 5.32 Å². The Labute approximate surface area is 117 Å². The normalized spacial score (nSPS) is 21.8. The van der Waals surface area contributed by atoms with E-state index < -0.39 is 46.3 Å². The number of hydrogen-bond acceptors (Lipinski definition) is 2. The SMILES string of the molecule is CCC(=O)CC1(C(F)(F)F)NC(=O)N(F)c2ccccc21. The van der Waals surface area contributed by atoms with Crippen LogP contribution in [0.5, 0.6) is 0 Å². The van der Waals surface area contributed by atoms with Crippen LogP contribution in [-0.4, -0.2) is 18.0 Å². The molecule has 114 valence electrons. The third-order valence-electron chi connectivity index (χ3n) is 3.41. The molecule has 4 nitrogen and oxygen atoms in total. The second-order valence-corrected chi connectivity index (χ2v) is 4.70. The number of amides is 2. The Morgan fingerprint density at radius 3 is 2.52 bits per heavy atom. The van der Waals surface area contributed by atoms with Crippen LogP contribution in [0.25, 0.3) is 0 Å². The maximum absolute atomic E-state index is 13.7. The molecule has 0 saturated carbocycles. The highest BCUT2D eigenvalue weighted by molar-refractivity contribution is 5.95. The molecule has 0 fully saturated rings. The number of alkyl halides is 3. The van der Waals surface area contributed by atoms with Crippen molar-refractivity contribution in [3.05, 3.63) is 29.8 Å². The molecule has 1 atom stereocenters. The molecular weight excluding hydrogens is 292 g/mol. The Balaban J connectivity index is 2.68. The van der Waals surface area contributed by atoms with Gasteiger partial charge in [0.2, 0.25) is 0 Å². The smallest absolute Gasteiger partial charge is 0.317 e. The summed E-state index contributed by atoms with van der Waals surface area (Å²) >= 11 is 0. The zero-order chi connectivity index (χ0) is 15.8. The molecule has 0 spiro atoms. The van der Waals surface area contributed by atoms with Crippen molar-refractivity contribution < 1.29 is 27.2 Å². The highest BCUT2D eigenvalue weighted by atomic mass is 19.4. The van der Waals surface area contributed by atoms with E-state index in [0.29, 0.717) is 0 Å². The molecule has 8 heteroatoms. The van der Waals surface area contributed by atoms with E-state index in [9.17, 15) is 27.2 Å². The molecule has 1 aliphatic rings. The molecule has 0 bridgehead atoms. The molecule has 1 aromatic rings. The van der Waals surface area contributed by atoms with Gasteiger partial charge < -0.3 is 5.32 Å². The first kappa shape index (κ1) is 15.3. The van der Waals surface area contributed by atoms with Gasteiger partial charge in [-0.3, -0.25) is 4.79 Å². The number of nitrogens with one attached hydrogen (secondary N) is 1. The number of urea groups is 1. The maximum Gasteiger partial charge on any atom is 0.416 e. The Morgan fingerprint density at radius 1 is 1.33 bits per heavy atom. The van der Waals surface area contributed by atoms with E-state index in [4.69, 9.17) is 0 Å². The van der Waals surface area contributed by atoms with Crippen molar-refractivity contribution in [2.45, 2.75) is 31.5 Å². The second kappa shape index (κ2) is 5.01. The largest absolute Gasteiger partial charge is 0.416 e. The van der Waals surface area contributed by atoms with Gasteiger partial charge in [0.1, 0.15) is 5.78 Å². The van der Waals surface area contributed by atoms with E-state index in [1.165, 1.54) is 19.1 Å². The molecule has 0 radical (unpaired) electrons. The van der Waals surface area contributed by atoms with Crippen LogP contribution in [0.3, 0.4) is 0 Å². The monoisotopic (exact) mass is 304 g/mol. The van der Waals surface area contributed by atoms with Gasteiger partial charge in [-0.1, -0.05) is 29.6 Å². The van der Waals surface area contributed by atoms with Crippen molar-refractivity contribution in [2.75, 3.05) is 5.12 Å². The lowest BCUT2D eigenvalue weighted by Crippen LogP contribution is -2.62. The van der Waals surface area contributed by atoms with Gasteiger partial charge in [-0.25, -0.2) is 4.79 Å². The van der Waals surface area contributed by atoms with E-state index in [0.717, 1.165) is 12.1 Å². The lowest BCUT2D eigenvalue weighted by molar-refractivity contribution is -0.201. The summed E-state index contributed by atoms with van der Waals surface area (Å²) in [7, 11) is 0. The number of fused-ring (bicyclic) bond motifs is 1. The summed E-state index contributed by atoms with van der Waals surface area (Å²) < 4.78 is 54.4. The first-order valence-corrected chi connectivity index (χ1v) is 6.19. The van der Waals surface area contributed by atoms with E-state index in [1.54, 1.807) is 5.32 Å². The number of para-hydroxylation sites is 1. The van der Waals surface area contributed by atoms with Gasteiger partial charge in [0, 0.05) is 18.4 Å². The predicted octanol–water partition coefficient (Wildman–Crippen LogP) is 3.23. The van der Waals surface area contributed by atoms with Crippen molar-refractivity contribution >= 4 is 17.5 Å². The molecule has 0 saturated heterocycles. The zero-order valence-electron chi connectivity index (χ0n) is 11.0. The molecule has 21 heavy (non-hydrogen) atoms. The van der Waals surface area contributed by atoms with Gasteiger partial charge in [-0.15, -0.1) is 5.12 Å². The highest BCUT2D eigenvalue weighted by Gasteiger charge is 2.61. The fourth-order valence-corrected chi connectivity index (χ4v) is 2.30. The third-order valence-corrected chi connectivity index (χ3v) is 3.41. The molecule has 1 heterocycles. The van der Waals surface area contributed by atoms with Gasteiger partial charge >= 0.3 is 12.2 Å². The standard InChI is InChI=1S/C13H12F4N2O2/c1-2-8(20)7-12(13(14,15)16)9-5-3-4-6-10(9)19(17)11(21)18-12/h3-6H,2,7H2,1H3,(H,18,21). The summed E-state index contributed by atoms with van der Waals surface area (Å²) in [6.07, 6.45) is -6.02. The summed E-state index contributed by atoms with van der Waals surface area (Å²) in [4.78, 5) is 23.1. The number of nitrogens with zero attached hydrogens (tertiary/aromatic N) is 1. The number of carbonyl (C=O) groups excluding carboxylic acids is 2. The Morgan fingerprint density at radius 2 is 1.95 bits per heavy atom. The molecule has 1 aromatic carbocycles. The maximum atomic E-state index is 13.7. The van der Waals surface area contributed by atoms with Gasteiger partial charge in [0.05, 0.1) is 5.69 Å². The number of carbonyl (C=O) groups is 2. The fraction of sp³-hybridized carbons (Fsp3) is 0.385. The molecule has 0 aliphatic carbocycles. The molecule has 2 rings (SSSR count). The molecule has 1 unspecified atom stereocenters. The first-order valence-electron chi connectivity index (χ1n) is 6.19. The molecule has 2 amide bonds. The van der Waals surface area contributed by atoms with E-state index in [2.05, 4.69) is 0 Å². The average molecular weight is 304 g/mol. The van der Waals surface area contributed by atoms with Crippen molar-refractivity contribution in [3.63, 3.8) is 0 Å². The van der Waals surface area contributed by atoms with Crippen LogP contribution in [-0.2, 0) is 10.3 Å². The van der Waals surface area contributed by atoms with Crippen molar-refractivity contribution in [3.8, 4) is 0 Å². The van der Waals surface area contributed by atoms with Crippen LogP contribution in [0.1, 0.15) is 25.3 Å². The van der Waals surface area contributed by atoms with E-state index >= 15 is 0 Å². The van der Waals surface area contributed by atoms with Gasteiger partial charge in [0.15, 0.2) is 5.54 Å². The molecule has 1 aliphatic heterocycles. The van der Waals surface area contributed by atoms with Crippen molar-refractivity contribution in [1.29, 1.82) is 0 Å². The molecule has 1 N–H and O–H groups in total. The van der Waals surface area contributed by atoms with Crippen LogP contribution >= 0.6 is 0 Å². The summed E-state index contributed by atoms with van der Waals surface area (Å²) in [5.74, 6) is -0.685. The summed E-state index contributed by atoms with van der Waals surface area (Å²) in [5.41, 5.74) is -3.90. The van der Waals surface area contributed by atoms with Crippen LogP contribution in [0.4, 0.5) is 28.1 Å². The lowest BCUT2D eigenvalue weighted by Gasteiger charge is -2.41. The number of benzene rings is 1. The quantitative estimate of drug-likeness (QED) is 0.688. The number of halogens is 4. The van der Waals surface area contributed by atoms with Gasteiger partial charge in [0.25, 0.3) is 0 Å². The van der Waals surface area contributed by atoms with E-state index in [1.807, 2.05) is 0 Å². The summed E-state index contributed by atoms with van der Waals surface area (Å²) in [5, 5.41) is 1.21.